The molecular formula is C32H34N2O4S. The summed E-state index contributed by atoms with van der Waals surface area (Å²) in [6, 6.07) is 27.0. The third-order valence-electron chi connectivity index (χ3n) is 7.14. The van der Waals surface area contributed by atoms with Gasteiger partial charge in [-0.25, -0.2) is 8.42 Å². The molecule has 1 aromatic heterocycles. The molecule has 1 unspecified atom stereocenters. The molecular weight excluding hydrogens is 508 g/mol. The van der Waals surface area contributed by atoms with Gasteiger partial charge in [-0.1, -0.05) is 48.5 Å². The van der Waals surface area contributed by atoms with Gasteiger partial charge in [-0.3, -0.25) is 9.71 Å². The van der Waals surface area contributed by atoms with Gasteiger partial charge in [-0.15, -0.1) is 0 Å². The van der Waals surface area contributed by atoms with Crippen LogP contribution in [0, 0.1) is 0 Å². The number of hydrogen-bond acceptors (Lipinski definition) is 5. The zero-order valence-corrected chi connectivity index (χ0v) is 22.9. The molecule has 1 atom stereocenters. The van der Waals surface area contributed by atoms with Crippen LogP contribution in [0.4, 0.5) is 5.69 Å². The number of aromatic nitrogens is 1. The maximum Gasteiger partial charge on any atom is 0.236 e. The fourth-order valence-corrected chi connectivity index (χ4v) is 6.39. The molecule has 1 saturated carbocycles. The van der Waals surface area contributed by atoms with Crippen molar-refractivity contribution in [3.05, 3.63) is 120 Å². The second-order valence-corrected chi connectivity index (χ2v) is 11.7. The van der Waals surface area contributed by atoms with Crippen LogP contribution in [0.5, 0.6) is 11.5 Å². The van der Waals surface area contributed by atoms with E-state index in [1.54, 1.807) is 25.6 Å². The molecule has 3 aromatic carbocycles. The quantitative estimate of drug-likeness (QED) is 0.227. The first-order chi connectivity index (χ1) is 19.0. The molecule has 1 heterocycles. The number of rotatable bonds is 11. The first-order valence-corrected chi connectivity index (χ1v) is 15.0. The maximum atomic E-state index is 12.9. The number of nitrogens with one attached hydrogen (secondary N) is 1. The summed E-state index contributed by atoms with van der Waals surface area (Å²) in [6.45, 7) is 0. The summed E-state index contributed by atoms with van der Waals surface area (Å²) in [6.07, 6.45) is 8.99. The third-order valence-corrected chi connectivity index (χ3v) is 8.40. The summed E-state index contributed by atoms with van der Waals surface area (Å²) < 4.78 is 40.7. The molecule has 202 valence electrons. The Hall–Kier alpha value is -3.84. The van der Waals surface area contributed by atoms with Crippen LogP contribution in [0.15, 0.2) is 97.3 Å². The Labute approximate surface area is 231 Å². The van der Waals surface area contributed by atoms with Gasteiger partial charge in [0.25, 0.3) is 0 Å². The smallest absolute Gasteiger partial charge is 0.236 e. The first kappa shape index (κ1) is 26.8. The highest BCUT2D eigenvalue weighted by atomic mass is 32.2. The highest BCUT2D eigenvalue weighted by Gasteiger charge is 2.22. The van der Waals surface area contributed by atoms with Crippen LogP contribution < -0.4 is 14.2 Å². The van der Waals surface area contributed by atoms with Gasteiger partial charge in [0.05, 0.1) is 19.0 Å². The Morgan fingerprint density at radius 1 is 0.846 bits per heavy atom. The molecule has 1 N–H and O–H groups in total. The molecule has 0 amide bonds. The molecule has 5 rings (SSSR count). The highest BCUT2D eigenvalue weighted by molar-refractivity contribution is 7.91. The van der Waals surface area contributed by atoms with Crippen LogP contribution in [-0.4, -0.2) is 26.6 Å². The number of pyridine rings is 1. The van der Waals surface area contributed by atoms with Gasteiger partial charge >= 0.3 is 0 Å². The van der Waals surface area contributed by atoms with Gasteiger partial charge < -0.3 is 9.47 Å². The third kappa shape index (κ3) is 7.18. The SMILES string of the molecule is COc1ccc(C(Cc2ccncc2)c2cccc(NS(=O)(=O)Cc3ccccc3)c2)cc1OC1CCCC1. The van der Waals surface area contributed by atoms with E-state index >= 15 is 0 Å². The van der Waals surface area contributed by atoms with Gasteiger partial charge in [0.2, 0.25) is 10.0 Å². The summed E-state index contributed by atoms with van der Waals surface area (Å²) in [4.78, 5) is 4.17. The molecule has 0 bridgehead atoms. The maximum absolute atomic E-state index is 12.9. The van der Waals surface area contributed by atoms with Gasteiger partial charge in [-0.05, 0) is 90.8 Å². The largest absolute Gasteiger partial charge is 0.493 e. The van der Waals surface area contributed by atoms with Crippen molar-refractivity contribution in [1.29, 1.82) is 0 Å². The molecule has 39 heavy (non-hydrogen) atoms. The van der Waals surface area contributed by atoms with Crippen molar-refractivity contribution in [3.8, 4) is 11.5 Å². The normalized spacial score (nSPS) is 14.6. The zero-order valence-electron chi connectivity index (χ0n) is 22.1. The Morgan fingerprint density at radius 3 is 2.33 bits per heavy atom. The molecule has 0 radical (unpaired) electrons. The second-order valence-electron chi connectivity index (χ2n) is 10.0. The number of anilines is 1. The van der Waals surface area contributed by atoms with E-state index in [1.165, 1.54) is 12.8 Å². The van der Waals surface area contributed by atoms with Crippen molar-refractivity contribution >= 4 is 15.7 Å². The average molecular weight is 543 g/mol. The standard InChI is InChI=1S/C32H34N2O4S/c1-37-31-15-14-27(22-32(31)38-29-12-5-6-13-29)30(20-24-16-18-33-19-17-24)26-10-7-11-28(21-26)34-39(35,36)23-25-8-3-2-4-9-25/h2-4,7-11,14-19,21-22,29-30,34H,5-6,12-13,20,23H2,1H3. The van der Waals surface area contributed by atoms with Crippen molar-refractivity contribution in [2.75, 3.05) is 11.8 Å². The Kier molecular flexibility index (Phi) is 8.47. The summed E-state index contributed by atoms with van der Waals surface area (Å²) in [5.41, 5.74) is 4.50. The number of nitrogens with zero attached hydrogens (tertiary/aromatic N) is 1. The average Bonchev–Trinajstić information content (AvgIpc) is 3.45. The lowest BCUT2D eigenvalue weighted by atomic mass is 9.86. The summed E-state index contributed by atoms with van der Waals surface area (Å²) >= 11 is 0. The first-order valence-electron chi connectivity index (χ1n) is 13.4. The van der Waals surface area contributed by atoms with Crippen LogP contribution in [0.1, 0.15) is 53.9 Å². The molecule has 0 saturated heterocycles. The van der Waals surface area contributed by atoms with E-state index in [0.717, 1.165) is 53.0 Å². The van der Waals surface area contributed by atoms with Crippen molar-refractivity contribution < 1.29 is 17.9 Å². The summed E-state index contributed by atoms with van der Waals surface area (Å²) in [5, 5.41) is 0. The van der Waals surface area contributed by atoms with Crippen LogP contribution in [0.3, 0.4) is 0 Å². The van der Waals surface area contributed by atoms with Gasteiger partial charge in [0.1, 0.15) is 0 Å². The number of sulfonamides is 1. The summed E-state index contributed by atoms with van der Waals surface area (Å²) in [7, 11) is -1.91. The van der Waals surface area contributed by atoms with E-state index < -0.39 is 10.0 Å². The van der Waals surface area contributed by atoms with E-state index in [0.29, 0.717) is 5.69 Å². The molecule has 1 aliphatic rings. The topological polar surface area (TPSA) is 77.5 Å². The predicted octanol–water partition coefficient (Wildman–Crippen LogP) is 6.73. The lowest BCUT2D eigenvalue weighted by Crippen LogP contribution is -2.15. The Balaban J connectivity index is 1.46. The molecule has 0 aliphatic heterocycles. The van der Waals surface area contributed by atoms with E-state index in [9.17, 15) is 8.42 Å². The molecule has 4 aromatic rings. The van der Waals surface area contributed by atoms with E-state index in [2.05, 4.69) is 21.8 Å². The van der Waals surface area contributed by atoms with Gasteiger partial charge in [-0.2, -0.15) is 0 Å². The molecule has 6 nitrogen and oxygen atoms in total. The minimum atomic E-state index is -3.58. The lowest BCUT2D eigenvalue weighted by Gasteiger charge is -2.22. The minimum absolute atomic E-state index is 0.0391. The lowest BCUT2D eigenvalue weighted by molar-refractivity contribution is 0.200. The molecule has 7 heteroatoms. The molecule has 0 spiro atoms. The number of benzene rings is 3. The van der Waals surface area contributed by atoms with Crippen molar-refractivity contribution in [2.24, 2.45) is 0 Å². The van der Waals surface area contributed by atoms with Crippen LogP contribution >= 0.6 is 0 Å². The van der Waals surface area contributed by atoms with Crippen molar-refractivity contribution in [1.82, 2.24) is 4.98 Å². The Morgan fingerprint density at radius 2 is 1.59 bits per heavy atom. The zero-order chi connectivity index (χ0) is 27.1. The van der Waals surface area contributed by atoms with E-state index in [4.69, 9.17) is 9.47 Å². The fraction of sp³-hybridized carbons (Fsp3) is 0.281. The van der Waals surface area contributed by atoms with Gasteiger partial charge in [0, 0.05) is 24.0 Å². The molecule has 1 aliphatic carbocycles. The number of methoxy groups -OCH3 is 1. The van der Waals surface area contributed by atoms with Crippen LogP contribution in [-0.2, 0) is 22.2 Å². The predicted molar refractivity (Wildman–Crippen MR) is 155 cm³/mol. The second kappa shape index (κ2) is 12.3. The Bertz CT molecular complexity index is 1470. The minimum Gasteiger partial charge on any atom is -0.493 e. The highest BCUT2D eigenvalue weighted by Crippen LogP contribution is 2.38. The summed E-state index contributed by atoms with van der Waals surface area (Å²) in [5.74, 6) is 1.35. The number of hydrogen-bond donors (Lipinski definition) is 1. The van der Waals surface area contributed by atoms with E-state index in [1.807, 2.05) is 66.7 Å². The monoisotopic (exact) mass is 542 g/mol. The van der Waals surface area contributed by atoms with Crippen molar-refractivity contribution in [2.45, 2.75) is 49.9 Å². The van der Waals surface area contributed by atoms with Crippen LogP contribution in [0.2, 0.25) is 0 Å². The fourth-order valence-electron chi connectivity index (χ4n) is 5.20. The van der Waals surface area contributed by atoms with E-state index in [-0.39, 0.29) is 17.8 Å². The van der Waals surface area contributed by atoms with Crippen molar-refractivity contribution in [3.63, 3.8) is 0 Å². The molecule has 1 fully saturated rings. The van der Waals surface area contributed by atoms with Crippen LogP contribution in [0.25, 0.3) is 0 Å². The number of ether oxygens (including phenoxy) is 2. The van der Waals surface area contributed by atoms with Gasteiger partial charge in [0.15, 0.2) is 11.5 Å².